The Kier molecular flexibility index (Phi) is 5.42. The molecular weight excluding hydrogens is 268 g/mol. The predicted molar refractivity (Wildman–Crippen MR) is 80.1 cm³/mol. The van der Waals surface area contributed by atoms with Crippen LogP contribution in [0.5, 0.6) is 0 Å². The van der Waals surface area contributed by atoms with Crippen LogP contribution in [0.4, 0.5) is 0 Å². The molecule has 1 aromatic rings. The van der Waals surface area contributed by atoms with Gasteiger partial charge < -0.3 is 14.2 Å². The molecule has 0 saturated carbocycles. The molecule has 116 valence electrons. The Balaban J connectivity index is 1.85. The van der Waals surface area contributed by atoms with Crippen LogP contribution >= 0.6 is 0 Å². The van der Waals surface area contributed by atoms with E-state index < -0.39 is 5.97 Å². The minimum Gasteiger partial charge on any atom is -0.451 e. The second kappa shape index (κ2) is 7.29. The van der Waals surface area contributed by atoms with Crippen LogP contribution in [0.25, 0.3) is 0 Å². The van der Waals surface area contributed by atoms with Crippen molar-refractivity contribution in [3.63, 3.8) is 0 Å². The quantitative estimate of drug-likeness (QED) is 0.803. The third-order valence-electron chi connectivity index (χ3n) is 4.12. The Morgan fingerprint density at radius 2 is 1.71 bits per heavy atom. The molecule has 0 aromatic carbocycles. The number of likely N-dealkylation sites (tertiary alicyclic amines) is 1. The third kappa shape index (κ3) is 4.09. The van der Waals surface area contributed by atoms with Gasteiger partial charge in [-0.15, -0.1) is 0 Å². The standard InChI is InChI=1S/C16H24N2O3/c1-13-8-9-14(17(13)2)16(20)21-12-15(19)18-10-6-4-3-5-7-11-18/h8-9H,3-7,10-12H2,1-2H3. The highest BCUT2D eigenvalue weighted by atomic mass is 16.5. The second-order valence-corrected chi connectivity index (χ2v) is 5.64. The fraction of sp³-hybridized carbons (Fsp3) is 0.625. The van der Waals surface area contributed by atoms with Crippen molar-refractivity contribution in [2.75, 3.05) is 19.7 Å². The molecule has 1 fully saturated rings. The van der Waals surface area contributed by atoms with E-state index in [0.717, 1.165) is 31.6 Å². The van der Waals surface area contributed by atoms with Gasteiger partial charge in [0.05, 0.1) is 0 Å². The molecule has 0 atom stereocenters. The Labute approximate surface area is 125 Å². The zero-order valence-corrected chi connectivity index (χ0v) is 12.9. The highest BCUT2D eigenvalue weighted by Gasteiger charge is 2.18. The minimum atomic E-state index is -0.439. The van der Waals surface area contributed by atoms with Gasteiger partial charge in [0, 0.05) is 25.8 Å². The van der Waals surface area contributed by atoms with Crippen LogP contribution in [-0.2, 0) is 16.6 Å². The molecule has 0 bridgehead atoms. The van der Waals surface area contributed by atoms with Crippen molar-refractivity contribution < 1.29 is 14.3 Å². The van der Waals surface area contributed by atoms with Gasteiger partial charge in [-0.25, -0.2) is 4.79 Å². The van der Waals surface area contributed by atoms with Crippen LogP contribution in [0.3, 0.4) is 0 Å². The molecule has 1 aliphatic heterocycles. The van der Waals surface area contributed by atoms with E-state index in [9.17, 15) is 9.59 Å². The van der Waals surface area contributed by atoms with Crippen LogP contribution in [0.15, 0.2) is 12.1 Å². The number of aromatic nitrogens is 1. The molecule has 0 N–H and O–H groups in total. The second-order valence-electron chi connectivity index (χ2n) is 5.64. The number of nitrogens with zero attached hydrogens (tertiary/aromatic N) is 2. The van der Waals surface area contributed by atoms with E-state index in [1.807, 2.05) is 24.9 Å². The summed E-state index contributed by atoms with van der Waals surface area (Å²) in [7, 11) is 1.81. The summed E-state index contributed by atoms with van der Waals surface area (Å²) >= 11 is 0. The number of hydrogen-bond acceptors (Lipinski definition) is 3. The Morgan fingerprint density at radius 3 is 2.29 bits per heavy atom. The molecule has 0 spiro atoms. The molecule has 5 heteroatoms. The van der Waals surface area contributed by atoms with Gasteiger partial charge in [0.2, 0.25) is 0 Å². The zero-order valence-electron chi connectivity index (χ0n) is 12.9. The summed E-state index contributed by atoms with van der Waals surface area (Å²) < 4.78 is 6.93. The molecule has 1 saturated heterocycles. The smallest absolute Gasteiger partial charge is 0.355 e. The van der Waals surface area contributed by atoms with Crippen LogP contribution in [0.2, 0.25) is 0 Å². The summed E-state index contributed by atoms with van der Waals surface area (Å²) in [5.74, 6) is -0.526. The molecule has 0 unspecified atom stereocenters. The monoisotopic (exact) mass is 292 g/mol. The van der Waals surface area contributed by atoms with E-state index in [0.29, 0.717) is 5.69 Å². The number of esters is 1. The predicted octanol–water partition coefficient (Wildman–Crippen LogP) is 2.28. The lowest BCUT2D eigenvalue weighted by Gasteiger charge is -2.24. The third-order valence-corrected chi connectivity index (χ3v) is 4.12. The first-order chi connectivity index (χ1) is 10.1. The lowest BCUT2D eigenvalue weighted by Crippen LogP contribution is -2.37. The van der Waals surface area contributed by atoms with Gasteiger partial charge in [0.15, 0.2) is 6.61 Å². The van der Waals surface area contributed by atoms with E-state index in [2.05, 4.69) is 0 Å². The molecule has 0 aliphatic carbocycles. The lowest BCUT2D eigenvalue weighted by atomic mass is 10.1. The topological polar surface area (TPSA) is 51.5 Å². The molecule has 2 rings (SSSR count). The van der Waals surface area contributed by atoms with Gasteiger partial charge in [-0.3, -0.25) is 4.79 Å². The summed E-state index contributed by atoms with van der Waals surface area (Å²) in [4.78, 5) is 25.9. The Morgan fingerprint density at radius 1 is 1.10 bits per heavy atom. The van der Waals surface area contributed by atoms with Crippen molar-refractivity contribution in [1.29, 1.82) is 0 Å². The van der Waals surface area contributed by atoms with Crippen LogP contribution < -0.4 is 0 Å². The average Bonchev–Trinajstić information content (AvgIpc) is 2.76. The van der Waals surface area contributed by atoms with Crippen molar-refractivity contribution in [3.05, 3.63) is 23.5 Å². The largest absolute Gasteiger partial charge is 0.451 e. The number of aryl methyl sites for hydroxylation is 1. The van der Waals surface area contributed by atoms with Gasteiger partial charge >= 0.3 is 5.97 Å². The molecule has 1 aliphatic rings. The summed E-state index contributed by atoms with van der Waals surface area (Å²) in [6, 6.07) is 3.58. The Hall–Kier alpha value is -1.78. The maximum Gasteiger partial charge on any atom is 0.355 e. The molecular formula is C16H24N2O3. The number of amides is 1. The fourth-order valence-electron chi connectivity index (χ4n) is 2.61. The molecule has 1 amide bonds. The van der Waals surface area contributed by atoms with Crippen molar-refractivity contribution in [2.45, 2.75) is 39.0 Å². The van der Waals surface area contributed by atoms with Gasteiger partial charge in [0.1, 0.15) is 5.69 Å². The minimum absolute atomic E-state index is 0.0869. The lowest BCUT2D eigenvalue weighted by molar-refractivity contribution is -0.134. The maximum absolute atomic E-state index is 12.1. The number of ether oxygens (including phenoxy) is 1. The molecule has 5 nitrogen and oxygen atoms in total. The van der Waals surface area contributed by atoms with Crippen LogP contribution in [-0.4, -0.2) is 41.0 Å². The van der Waals surface area contributed by atoms with E-state index in [4.69, 9.17) is 4.74 Å². The van der Waals surface area contributed by atoms with Crippen LogP contribution in [0.1, 0.15) is 48.3 Å². The molecule has 1 aromatic heterocycles. The van der Waals surface area contributed by atoms with E-state index in [-0.39, 0.29) is 12.5 Å². The van der Waals surface area contributed by atoms with Crippen molar-refractivity contribution in [1.82, 2.24) is 9.47 Å². The van der Waals surface area contributed by atoms with Gasteiger partial charge in [-0.05, 0) is 31.9 Å². The molecule has 2 heterocycles. The van der Waals surface area contributed by atoms with E-state index in [1.165, 1.54) is 19.3 Å². The zero-order chi connectivity index (χ0) is 15.2. The fourth-order valence-corrected chi connectivity index (χ4v) is 2.61. The first kappa shape index (κ1) is 15.6. The summed E-state index contributed by atoms with van der Waals surface area (Å²) in [6.45, 7) is 3.31. The van der Waals surface area contributed by atoms with Crippen molar-refractivity contribution >= 4 is 11.9 Å². The van der Waals surface area contributed by atoms with Crippen molar-refractivity contribution in [3.8, 4) is 0 Å². The highest BCUT2D eigenvalue weighted by Crippen LogP contribution is 2.11. The summed E-state index contributed by atoms with van der Waals surface area (Å²) in [5, 5.41) is 0. The average molecular weight is 292 g/mol. The van der Waals surface area contributed by atoms with Gasteiger partial charge in [-0.2, -0.15) is 0 Å². The number of carbonyl (C=O) groups excluding carboxylic acids is 2. The van der Waals surface area contributed by atoms with Gasteiger partial charge in [-0.1, -0.05) is 19.3 Å². The van der Waals surface area contributed by atoms with Crippen molar-refractivity contribution in [2.24, 2.45) is 7.05 Å². The molecule has 0 radical (unpaired) electrons. The normalized spacial score (nSPS) is 16.2. The van der Waals surface area contributed by atoms with Crippen LogP contribution in [0, 0.1) is 6.92 Å². The Bertz CT molecular complexity index is 500. The highest BCUT2D eigenvalue weighted by molar-refractivity contribution is 5.90. The first-order valence-corrected chi connectivity index (χ1v) is 7.67. The SMILES string of the molecule is Cc1ccc(C(=O)OCC(=O)N2CCCCCCC2)n1C. The number of hydrogen-bond donors (Lipinski definition) is 0. The van der Waals surface area contributed by atoms with E-state index >= 15 is 0 Å². The van der Waals surface area contributed by atoms with E-state index in [1.54, 1.807) is 10.6 Å². The van der Waals surface area contributed by atoms with Gasteiger partial charge in [0.25, 0.3) is 5.91 Å². The first-order valence-electron chi connectivity index (χ1n) is 7.67. The summed E-state index contributed by atoms with van der Waals surface area (Å²) in [6.07, 6.45) is 5.68. The maximum atomic E-state index is 12.1. The number of carbonyl (C=O) groups is 2. The molecule has 21 heavy (non-hydrogen) atoms. The number of rotatable bonds is 3. The summed E-state index contributed by atoms with van der Waals surface area (Å²) in [5.41, 5.74) is 1.46.